The predicted octanol–water partition coefficient (Wildman–Crippen LogP) is 2.93. The summed E-state index contributed by atoms with van der Waals surface area (Å²) in [5, 5.41) is 18.4. The molecule has 0 radical (unpaired) electrons. The van der Waals surface area contributed by atoms with Crippen molar-refractivity contribution in [2.24, 2.45) is 0 Å². The Morgan fingerprint density at radius 2 is 2.17 bits per heavy atom. The minimum Gasteiger partial charge on any atom is -0.389 e. The molecule has 0 bridgehead atoms. The summed E-state index contributed by atoms with van der Waals surface area (Å²) >= 11 is 0. The molecule has 3 nitrogen and oxygen atoms in total. The molecule has 0 aliphatic carbocycles. The highest BCUT2D eigenvalue weighted by molar-refractivity contribution is 5.56. The van der Waals surface area contributed by atoms with Crippen LogP contribution in [-0.4, -0.2) is 18.2 Å². The fraction of sp³-hybridized carbons (Fsp3) is 0.500. The maximum Gasteiger partial charge on any atom is 0.126 e. The lowest BCUT2D eigenvalue weighted by molar-refractivity contribution is 0.199. The lowest BCUT2D eigenvalue weighted by Gasteiger charge is -2.26. The maximum absolute atomic E-state index is 13.6. The zero-order chi connectivity index (χ0) is 13.7. The van der Waals surface area contributed by atoms with Crippen LogP contribution in [0.1, 0.15) is 37.5 Å². The van der Waals surface area contributed by atoms with Gasteiger partial charge in [0.15, 0.2) is 0 Å². The third-order valence-corrected chi connectivity index (χ3v) is 2.97. The van der Waals surface area contributed by atoms with E-state index in [2.05, 4.69) is 6.07 Å². The second-order valence-electron chi connectivity index (χ2n) is 4.32. The fourth-order valence-electron chi connectivity index (χ4n) is 1.92. The van der Waals surface area contributed by atoms with E-state index in [0.717, 1.165) is 5.69 Å². The van der Waals surface area contributed by atoms with E-state index in [1.807, 2.05) is 11.8 Å². The molecule has 0 aliphatic rings. The van der Waals surface area contributed by atoms with Crippen molar-refractivity contribution in [1.82, 2.24) is 0 Å². The molecule has 1 atom stereocenters. The van der Waals surface area contributed by atoms with Gasteiger partial charge in [-0.3, -0.25) is 0 Å². The van der Waals surface area contributed by atoms with Gasteiger partial charge in [-0.1, -0.05) is 0 Å². The van der Waals surface area contributed by atoms with E-state index >= 15 is 0 Å². The van der Waals surface area contributed by atoms with Crippen LogP contribution in [-0.2, 0) is 0 Å². The Kier molecular flexibility index (Phi) is 5.11. The van der Waals surface area contributed by atoms with Gasteiger partial charge in [-0.25, -0.2) is 4.39 Å². The number of aliphatic hydroxyl groups excluding tert-OH is 1. The monoisotopic (exact) mass is 250 g/mol. The molecule has 1 aromatic rings. The second kappa shape index (κ2) is 6.36. The summed E-state index contributed by atoms with van der Waals surface area (Å²) in [6.07, 6.45) is -0.324. The molecule has 1 N–H and O–H groups in total. The molecule has 0 spiro atoms. The van der Waals surface area contributed by atoms with Gasteiger partial charge in [0.25, 0.3) is 0 Å². The number of nitrogens with zero attached hydrogens (tertiary/aromatic N) is 2. The molecule has 98 valence electrons. The van der Waals surface area contributed by atoms with Gasteiger partial charge in [0.05, 0.1) is 18.6 Å². The van der Waals surface area contributed by atoms with Crippen molar-refractivity contribution in [2.75, 3.05) is 18.0 Å². The van der Waals surface area contributed by atoms with Gasteiger partial charge < -0.3 is 10.0 Å². The van der Waals surface area contributed by atoms with E-state index in [4.69, 9.17) is 5.26 Å². The Hall–Kier alpha value is -1.60. The minimum absolute atomic E-state index is 0.314. The lowest BCUT2D eigenvalue weighted by Crippen LogP contribution is -2.25. The Bertz CT molecular complexity index is 452. The molecule has 1 aromatic carbocycles. The van der Waals surface area contributed by atoms with Crippen molar-refractivity contribution < 1.29 is 9.50 Å². The third-order valence-electron chi connectivity index (χ3n) is 2.97. The van der Waals surface area contributed by atoms with Gasteiger partial charge in [-0.2, -0.15) is 5.26 Å². The van der Waals surface area contributed by atoms with Crippen molar-refractivity contribution in [3.05, 3.63) is 29.1 Å². The molecular formula is C14H19FN2O. The molecule has 0 heterocycles. The molecule has 0 fully saturated rings. The van der Waals surface area contributed by atoms with Crippen LogP contribution in [0.2, 0.25) is 0 Å². The Balaban J connectivity index is 3.19. The summed E-state index contributed by atoms with van der Waals surface area (Å²) in [7, 11) is 0. The number of rotatable bonds is 5. The predicted molar refractivity (Wildman–Crippen MR) is 69.9 cm³/mol. The summed E-state index contributed by atoms with van der Waals surface area (Å²) in [5.41, 5.74) is 1.92. The van der Waals surface area contributed by atoms with Gasteiger partial charge in [0.2, 0.25) is 0 Å². The topological polar surface area (TPSA) is 47.3 Å². The van der Waals surface area contributed by atoms with Crippen LogP contribution in [0, 0.1) is 24.1 Å². The highest BCUT2D eigenvalue weighted by Gasteiger charge is 2.16. The molecule has 18 heavy (non-hydrogen) atoms. The number of benzene rings is 1. The normalized spacial score (nSPS) is 12.0. The highest BCUT2D eigenvalue weighted by Crippen LogP contribution is 2.29. The molecule has 0 amide bonds. The van der Waals surface area contributed by atoms with Crippen LogP contribution in [0.5, 0.6) is 0 Å². The van der Waals surface area contributed by atoms with E-state index in [1.54, 1.807) is 19.9 Å². The Morgan fingerprint density at radius 1 is 1.50 bits per heavy atom. The number of aliphatic hydroxyl groups is 1. The van der Waals surface area contributed by atoms with E-state index in [0.29, 0.717) is 30.6 Å². The van der Waals surface area contributed by atoms with E-state index in [-0.39, 0.29) is 5.82 Å². The van der Waals surface area contributed by atoms with Gasteiger partial charge in [-0.15, -0.1) is 0 Å². The van der Waals surface area contributed by atoms with E-state index < -0.39 is 6.10 Å². The van der Waals surface area contributed by atoms with E-state index in [1.165, 1.54) is 6.07 Å². The Labute approximate surface area is 107 Å². The number of anilines is 1. The largest absolute Gasteiger partial charge is 0.389 e. The number of hydrogen-bond donors (Lipinski definition) is 1. The van der Waals surface area contributed by atoms with Crippen LogP contribution in [0.3, 0.4) is 0 Å². The minimum atomic E-state index is -0.730. The highest BCUT2D eigenvalue weighted by atomic mass is 19.1. The summed E-state index contributed by atoms with van der Waals surface area (Å²) in [6, 6.07) is 5.21. The smallest absolute Gasteiger partial charge is 0.126 e. The first-order valence-corrected chi connectivity index (χ1v) is 6.11. The molecule has 0 saturated carbocycles. The molecule has 0 unspecified atom stereocenters. The fourth-order valence-corrected chi connectivity index (χ4v) is 1.92. The van der Waals surface area contributed by atoms with Crippen molar-refractivity contribution in [3.8, 4) is 6.07 Å². The van der Waals surface area contributed by atoms with Crippen molar-refractivity contribution in [3.63, 3.8) is 0 Å². The van der Waals surface area contributed by atoms with Crippen LogP contribution in [0.4, 0.5) is 10.1 Å². The zero-order valence-corrected chi connectivity index (χ0v) is 11.1. The van der Waals surface area contributed by atoms with Crippen molar-refractivity contribution in [1.29, 1.82) is 5.26 Å². The summed E-state index contributed by atoms with van der Waals surface area (Å²) in [5.74, 6) is -0.314. The molecular weight excluding hydrogens is 231 g/mol. The number of halogens is 1. The van der Waals surface area contributed by atoms with Crippen LogP contribution >= 0.6 is 0 Å². The molecule has 0 aromatic heterocycles. The van der Waals surface area contributed by atoms with Crippen LogP contribution < -0.4 is 4.90 Å². The first-order valence-electron chi connectivity index (χ1n) is 6.11. The first-order chi connectivity index (χ1) is 8.51. The van der Waals surface area contributed by atoms with Gasteiger partial charge in [-0.05, 0) is 38.5 Å². The molecule has 0 saturated heterocycles. The molecule has 0 aliphatic heterocycles. The van der Waals surface area contributed by atoms with Gasteiger partial charge in [0, 0.05) is 24.3 Å². The third kappa shape index (κ3) is 3.21. The molecule has 4 heteroatoms. The first kappa shape index (κ1) is 14.5. The van der Waals surface area contributed by atoms with Gasteiger partial charge in [0.1, 0.15) is 5.82 Å². The summed E-state index contributed by atoms with van der Waals surface area (Å²) in [4.78, 5) is 1.98. The van der Waals surface area contributed by atoms with Gasteiger partial charge >= 0.3 is 0 Å². The zero-order valence-electron chi connectivity index (χ0n) is 11.1. The number of nitriles is 1. The second-order valence-corrected chi connectivity index (χ2v) is 4.32. The molecule has 1 rings (SSSR count). The van der Waals surface area contributed by atoms with Crippen LogP contribution in [0.25, 0.3) is 0 Å². The SMILES string of the molecule is CCN(CCC#N)c1cc(C)c(F)cc1[C@H](C)O. The average molecular weight is 250 g/mol. The van der Waals surface area contributed by atoms with Crippen molar-refractivity contribution >= 4 is 5.69 Å². The number of hydrogen-bond acceptors (Lipinski definition) is 3. The maximum atomic E-state index is 13.6. The average Bonchev–Trinajstić information content (AvgIpc) is 2.33. The lowest BCUT2D eigenvalue weighted by atomic mass is 10.0. The van der Waals surface area contributed by atoms with Crippen LogP contribution in [0.15, 0.2) is 12.1 Å². The standard InChI is InChI=1S/C14H19FN2O/c1-4-17(7-5-6-16)14-8-10(2)13(15)9-12(14)11(3)18/h8-9,11,18H,4-5,7H2,1-3H3/t11-/m0/s1. The summed E-state index contributed by atoms with van der Waals surface area (Å²) < 4.78 is 13.6. The number of aryl methyl sites for hydroxylation is 1. The quantitative estimate of drug-likeness (QED) is 0.874. The van der Waals surface area contributed by atoms with E-state index in [9.17, 15) is 9.50 Å². The Morgan fingerprint density at radius 3 is 2.67 bits per heavy atom. The summed E-state index contributed by atoms with van der Waals surface area (Å²) in [6.45, 7) is 6.58. The van der Waals surface area contributed by atoms with Crippen molar-refractivity contribution in [2.45, 2.75) is 33.3 Å².